The van der Waals surface area contributed by atoms with Crippen LogP contribution in [0, 0.1) is 0 Å². The molecule has 0 saturated carbocycles. The van der Waals surface area contributed by atoms with E-state index < -0.39 is 16.0 Å². The summed E-state index contributed by atoms with van der Waals surface area (Å²) in [4.78, 5) is 23.4. The molecule has 9 heteroatoms. The topological polar surface area (TPSA) is 90.0 Å². The molecule has 0 spiro atoms. The zero-order valence-electron chi connectivity index (χ0n) is 15.6. The summed E-state index contributed by atoms with van der Waals surface area (Å²) in [5.41, 5.74) is 0.249. The first-order valence-electron chi connectivity index (χ1n) is 8.43. The molecule has 28 heavy (non-hydrogen) atoms. The van der Waals surface area contributed by atoms with Crippen LogP contribution in [-0.2, 0) is 10.0 Å². The number of aldehydes is 1. The first kappa shape index (κ1) is 21.9. The fourth-order valence-electron chi connectivity index (χ4n) is 2.53. The lowest BCUT2D eigenvalue weighted by atomic mass is 10.2. The minimum Gasteiger partial charge on any atom is -0.493 e. The minimum atomic E-state index is -3.77. The molecule has 150 valence electrons. The van der Waals surface area contributed by atoms with Crippen LogP contribution in [0.5, 0.6) is 11.5 Å². The van der Waals surface area contributed by atoms with E-state index >= 15 is 0 Å². The monoisotopic (exact) mass is 425 g/mol. The molecule has 0 aliphatic carbocycles. The summed E-state index contributed by atoms with van der Waals surface area (Å²) in [6, 6.07) is 8.14. The van der Waals surface area contributed by atoms with Crippen LogP contribution in [-0.4, -0.2) is 45.2 Å². The number of ether oxygens (including phenoxy) is 2. The maximum atomic E-state index is 12.7. The van der Waals surface area contributed by atoms with E-state index in [1.165, 1.54) is 47.8 Å². The predicted molar refractivity (Wildman–Crippen MR) is 105 cm³/mol. The van der Waals surface area contributed by atoms with Crippen molar-refractivity contribution in [2.45, 2.75) is 18.7 Å². The summed E-state index contributed by atoms with van der Waals surface area (Å²) in [6.45, 7) is 4.03. The van der Waals surface area contributed by atoms with Crippen LogP contribution in [0.25, 0.3) is 0 Å². The van der Waals surface area contributed by atoms with Crippen molar-refractivity contribution in [3.05, 3.63) is 52.5 Å². The van der Waals surface area contributed by atoms with Gasteiger partial charge in [0.05, 0.1) is 22.6 Å². The average Bonchev–Trinajstić information content (AvgIpc) is 2.69. The quantitative estimate of drug-likeness (QED) is 0.365. The fraction of sp³-hybridized carbons (Fsp3) is 0.263. The van der Waals surface area contributed by atoms with Crippen molar-refractivity contribution in [1.82, 2.24) is 4.31 Å². The summed E-state index contributed by atoms with van der Waals surface area (Å²) in [6.07, 6.45) is 0.631. The van der Waals surface area contributed by atoms with Crippen molar-refractivity contribution in [2.24, 2.45) is 0 Å². The Kier molecular flexibility index (Phi) is 7.17. The summed E-state index contributed by atoms with van der Waals surface area (Å²) >= 11 is 6.09. The van der Waals surface area contributed by atoms with Gasteiger partial charge < -0.3 is 9.47 Å². The van der Waals surface area contributed by atoms with Crippen molar-refractivity contribution < 1.29 is 27.5 Å². The van der Waals surface area contributed by atoms with Crippen molar-refractivity contribution in [1.29, 1.82) is 0 Å². The van der Waals surface area contributed by atoms with Gasteiger partial charge in [-0.1, -0.05) is 25.4 Å². The van der Waals surface area contributed by atoms with E-state index in [0.29, 0.717) is 24.9 Å². The third-order valence-electron chi connectivity index (χ3n) is 4.03. The number of hydrogen-bond acceptors (Lipinski definition) is 6. The number of halogens is 1. The van der Waals surface area contributed by atoms with Gasteiger partial charge in [0, 0.05) is 18.7 Å². The number of benzene rings is 2. The molecule has 0 N–H and O–H groups in total. The van der Waals surface area contributed by atoms with E-state index in [0.717, 1.165) is 0 Å². The van der Waals surface area contributed by atoms with Gasteiger partial charge in [-0.25, -0.2) is 13.2 Å². The van der Waals surface area contributed by atoms with E-state index in [9.17, 15) is 18.0 Å². The lowest BCUT2D eigenvalue weighted by Gasteiger charge is -2.19. The second-order valence-electron chi connectivity index (χ2n) is 5.65. The summed E-state index contributed by atoms with van der Waals surface area (Å²) in [5.74, 6) is -0.592. The third-order valence-corrected chi connectivity index (χ3v) is 6.40. The average molecular weight is 426 g/mol. The molecule has 0 fully saturated rings. The highest BCUT2D eigenvalue weighted by Gasteiger charge is 2.25. The number of nitrogens with zero attached hydrogens (tertiary/aromatic N) is 1. The van der Waals surface area contributed by atoms with Gasteiger partial charge in [0.2, 0.25) is 10.0 Å². The zero-order chi connectivity index (χ0) is 20.9. The molecule has 0 aliphatic heterocycles. The van der Waals surface area contributed by atoms with Crippen LogP contribution in [0.1, 0.15) is 34.6 Å². The van der Waals surface area contributed by atoms with E-state index in [-0.39, 0.29) is 27.0 Å². The van der Waals surface area contributed by atoms with E-state index in [2.05, 4.69) is 0 Å². The van der Waals surface area contributed by atoms with Crippen LogP contribution < -0.4 is 9.47 Å². The number of esters is 1. The summed E-state index contributed by atoms with van der Waals surface area (Å²) in [5, 5.41) is 0.0481. The Labute approximate surface area is 168 Å². The Bertz CT molecular complexity index is 986. The summed E-state index contributed by atoms with van der Waals surface area (Å²) in [7, 11) is -2.40. The number of rotatable bonds is 8. The Hall–Kier alpha value is -2.42. The molecule has 2 aromatic carbocycles. The van der Waals surface area contributed by atoms with Gasteiger partial charge in [-0.15, -0.1) is 0 Å². The maximum Gasteiger partial charge on any atom is 0.345 e. The zero-order valence-corrected chi connectivity index (χ0v) is 17.2. The molecule has 0 atom stereocenters. The van der Waals surface area contributed by atoms with Crippen molar-refractivity contribution in [3.63, 3.8) is 0 Å². The molecule has 0 amide bonds. The SMILES string of the molecule is CCN(CC)S(=O)(=O)c1ccc(Cl)c(C(=O)Oc2ccc(C=O)cc2OC)c1. The number of sulfonamides is 1. The molecular formula is C19H20ClNO6S. The lowest BCUT2D eigenvalue weighted by molar-refractivity contribution is 0.0729. The molecule has 7 nitrogen and oxygen atoms in total. The normalized spacial score (nSPS) is 11.3. The Morgan fingerprint density at radius 2 is 1.79 bits per heavy atom. The standard InChI is InChI=1S/C19H20ClNO6S/c1-4-21(5-2)28(24,25)14-7-8-16(20)15(11-14)19(23)27-17-9-6-13(12-22)10-18(17)26-3/h6-12H,4-5H2,1-3H3. The van der Waals surface area contributed by atoms with Gasteiger partial charge in [0.1, 0.15) is 6.29 Å². The largest absolute Gasteiger partial charge is 0.493 e. The first-order valence-corrected chi connectivity index (χ1v) is 10.2. The lowest BCUT2D eigenvalue weighted by Crippen LogP contribution is -2.30. The molecule has 0 radical (unpaired) electrons. The van der Waals surface area contributed by atoms with Crippen LogP contribution in [0.2, 0.25) is 5.02 Å². The molecule has 2 rings (SSSR count). The van der Waals surface area contributed by atoms with Crippen molar-refractivity contribution in [2.75, 3.05) is 20.2 Å². The highest BCUT2D eigenvalue weighted by atomic mass is 35.5. The molecule has 0 aromatic heterocycles. The van der Waals surface area contributed by atoms with E-state index in [1.54, 1.807) is 13.8 Å². The maximum absolute atomic E-state index is 12.7. The van der Waals surface area contributed by atoms with Gasteiger partial charge >= 0.3 is 5.97 Å². The molecular weight excluding hydrogens is 406 g/mol. The van der Waals surface area contributed by atoms with Gasteiger partial charge in [-0.05, 0) is 36.4 Å². The fourth-order valence-corrected chi connectivity index (χ4v) is 4.21. The van der Waals surface area contributed by atoms with Crippen molar-refractivity contribution >= 4 is 33.9 Å². The van der Waals surface area contributed by atoms with E-state index in [1.807, 2.05) is 0 Å². The van der Waals surface area contributed by atoms with Crippen LogP contribution in [0.3, 0.4) is 0 Å². The van der Waals surface area contributed by atoms with Crippen LogP contribution in [0.4, 0.5) is 0 Å². The molecule has 0 bridgehead atoms. The molecule has 0 saturated heterocycles. The molecule has 0 heterocycles. The number of methoxy groups -OCH3 is 1. The smallest absolute Gasteiger partial charge is 0.345 e. The number of carbonyl (C=O) groups excluding carboxylic acids is 2. The van der Waals surface area contributed by atoms with Crippen molar-refractivity contribution in [3.8, 4) is 11.5 Å². The Morgan fingerprint density at radius 1 is 1.11 bits per heavy atom. The Morgan fingerprint density at radius 3 is 2.36 bits per heavy atom. The third kappa shape index (κ3) is 4.52. The predicted octanol–water partition coefficient (Wildman–Crippen LogP) is 3.41. The number of carbonyl (C=O) groups is 2. The van der Waals surface area contributed by atoms with Gasteiger partial charge in [-0.3, -0.25) is 4.79 Å². The summed E-state index contributed by atoms with van der Waals surface area (Å²) < 4.78 is 37.1. The molecule has 0 aliphatic rings. The first-order chi connectivity index (χ1) is 13.3. The van der Waals surface area contributed by atoms with Crippen LogP contribution in [0.15, 0.2) is 41.3 Å². The highest BCUT2D eigenvalue weighted by Crippen LogP contribution is 2.30. The Balaban J connectivity index is 2.40. The van der Waals surface area contributed by atoms with Gasteiger partial charge in [0.15, 0.2) is 11.5 Å². The van der Waals surface area contributed by atoms with Gasteiger partial charge in [-0.2, -0.15) is 4.31 Å². The van der Waals surface area contributed by atoms with Crippen LogP contribution >= 0.6 is 11.6 Å². The van der Waals surface area contributed by atoms with Gasteiger partial charge in [0.25, 0.3) is 0 Å². The highest BCUT2D eigenvalue weighted by molar-refractivity contribution is 7.89. The second kappa shape index (κ2) is 9.18. The van der Waals surface area contributed by atoms with E-state index in [4.69, 9.17) is 21.1 Å². The second-order valence-corrected chi connectivity index (χ2v) is 7.99. The number of hydrogen-bond donors (Lipinski definition) is 0. The molecule has 0 unspecified atom stereocenters. The minimum absolute atomic E-state index is 0.0481. The molecule has 2 aromatic rings.